The largest absolute Gasteiger partial charge is 0.504 e. The Bertz CT molecular complexity index is 1560. The van der Waals surface area contributed by atoms with Crippen LogP contribution in [0.15, 0.2) is 66.7 Å². The van der Waals surface area contributed by atoms with Gasteiger partial charge in [-0.25, -0.2) is 0 Å². The Labute approximate surface area is 258 Å². The lowest BCUT2D eigenvalue weighted by molar-refractivity contribution is -0.124. The molecule has 0 aromatic heterocycles. The van der Waals surface area contributed by atoms with Crippen LogP contribution in [0.25, 0.3) is 0 Å². The number of carbonyl (C=O) groups is 1. The van der Waals surface area contributed by atoms with Crippen LogP contribution in [0.4, 0.5) is 0 Å². The molecule has 5 N–H and O–H groups in total. The molecule has 1 saturated carbocycles. The number of fused-ring (bicyclic) bond motifs is 3. The summed E-state index contributed by atoms with van der Waals surface area (Å²) in [5, 5.41) is 46.7. The highest BCUT2D eigenvalue weighted by Gasteiger charge is 2.56. The number of aliphatic hydroxyl groups excluding tert-OH is 1. The van der Waals surface area contributed by atoms with Gasteiger partial charge in [-0.3, -0.25) is 4.79 Å². The fourth-order valence-electron chi connectivity index (χ4n) is 8.22. The lowest BCUT2D eigenvalue weighted by Crippen LogP contribution is -2.65. The van der Waals surface area contributed by atoms with E-state index >= 15 is 0 Å². The van der Waals surface area contributed by atoms with Gasteiger partial charge in [0.2, 0.25) is 0 Å². The molecule has 0 bridgehead atoms. The fourth-order valence-corrected chi connectivity index (χ4v) is 8.22. The van der Waals surface area contributed by atoms with Crippen molar-refractivity contribution in [3.63, 3.8) is 0 Å². The molecule has 6 rings (SSSR count). The Morgan fingerprint density at radius 3 is 2.50 bits per heavy atom. The van der Waals surface area contributed by atoms with Gasteiger partial charge in [0, 0.05) is 54.5 Å². The molecule has 3 aliphatic rings. The lowest BCUT2D eigenvalue weighted by Gasteiger charge is -2.56. The van der Waals surface area contributed by atoms with E-state index in [9.17, 15) is 25.2 Å². The predicted molar refractivity (Wildman–Crippen MR) is 168 cm³/mol. The number of phenolic OH excluding ortho intramolecular Hbond substituents is 3. The van der Waals surface area contributed by atoms with Crippen molar-refractivity contribution in [3.8, 4) is 34.8 Å². The van der Waals surface area contributed by atoms with Crippen molar-refractivity contribution in [2.24, 2.45) is 17.8 Å². The summed E-state index contributed by atoms with van der Waals surface area (Å²) in [6.45, 7) is 0.592. The number of Topliss-reactive ketones (excluding diaryl/α,β-unsaturated/α-hetero) is 1. The maximum absolute atomic E-state index is 13.9. The van der Waals surface area contributed by atoms with Crippen LogP contribution in [0.5, 0.6) is 23.0 Å². The number of carbonyl (C=O) groups excluding carboxylic acids is 1. The first-order valence-corrected chi connectivity index (χ1v) is 15.7. The number of hydrogen-bond donors (Lipinski definition) is 5. The Hall–Kier alpha value is -3.99. The van der Waals surface area contributed by atoms with E-state index in [1.807, 2.05) is 30.3 Å². The molecule has 3 aromatic rings. The number of hydrogen-bond acceptors (Lipinski definition) is 7. The normalized spacial score (nSPS) is 30.3. The molecule has 0 amide bonds. The predicted octanol–water partition coefficient (Wildman–Crippen LogP) is 5.20. The highest BCUT2D eigenvalue weighted by atomic mass is 16.5. The molecule has 7 atom stereocenters. The second-order valence-corrected chi connectivity index (χ2v) is 12.7. The summed E-state index contributed by atoms with van der Waals surface area (Å²) in [6.07, 6.45) is 3.63. The summed E-state index contributed by atoms with van der Waals surface area (Å²) >= 11 is 0. The molecule has 0 spiro atoms. The minimum absolute atomic E-state index is 0.00512. The van der Waals surface area contributed by atoms with E-state index in [0.717, 1.165) is 42.4 Å². The van der Waals surface area contributed by atoms with E-state index in [1.54, 1.807) is 18.2 Å². The summed E-state index contributed by atoms with van der Waals surface area (Å²) in [7, 11) is 1.51. The third-order valence-electron chi connectivity index (χ3n) is 10.2. The number of rotatable bonds is 5. The van der Waals surface area contributed by atoms with Gasteiger partial charge in [0.1, 0.15) is 5.78 Å². The van der Waals surface area contributed by atoms with Gasteiger partial charge in [0.15, 0.2) is 23.0 Å². The van der Waals surface area contributed by atoms with Crippen LogP contribution in [-0.2, 0) is 16.6 Å². The molecule has 44 heavy (non-hydrogen) atoms. The average molecular weight is 596 g/mol. The first-order chi connectivity index (χ1) is 21.3. The standard InChI is InChI=1S/C37H41NO6/c1-44-34-18-25(12-14-31(34)41)29-20-28(39)21-33(43)36-26(11-10-24(29)17-23-7-3-2-4-8-23)22-38-35-9-5-6-16-37(35,36)27-13-15-30(40)32(42)19-27/h2-4,7-8,12-15,18-19,24,26,29,33,35-36,38,40-43H,5-6,9,16-17,20-22H2,1H3/t24-,26+,29-,33-,35+,36+,37-/m0/s1. The second-order valence-electron chi connectivity index (χ2n) is 12.7. The first kappa shape index (κ1) is 30.1. The summed E-state index contributed by atoms with van der Waals surface area (Å²) in [5.41, 5.74) is 2.28. The van der Waals surface area contributed by atoms with Gasteiger partial charge in [-0.15, -0.1) is 0 Å². The minimum atomic E-state index is -0.930. The maximum atomic E-state index is 13.9. The molecule has 0 unspecified atom stereocenters. The van der Waals surface area contributed by atoms with Gasteiger partial charge < -0.3 is 30.5 Å². The van der Waals surface area contributed by atoms with Gasteiger partial charge in [0.25, 0.3) is 0 Å². The van der Waals surface area contributed by atoms with Crippen LogP contribution < -0.4 is 10.1 Å². The Morgan fingerprint density at radius 2 is 1.73 bits per heavy atom. The number of methoxy groups -OCH3 is 1. The number of aliphatic hydroxyl groups is 1. The maximum Gasteiger partial charge on any atom is 0.160 e. The second kappa shape index (κ2) is 12.6. The van der Waals surface area contributed by atoms with Crippen molar-refractivity contribution in [3.05, 3.63) is 83.4 Å². The molecule has 2 aliphatic carbocycles. The van der Waals surface area contributed by atoms with Gasteiger partial charge >= 0.3 is 0 Å². The van der Waals surface area contributed by atoms with E-state index in [-0.39, 0.29) is 65.6 Å². The Balaban J connectivity index is 1.47. The molecular formula is C37H41NO6. The summed E-state index contributed by atoms with van der Waals surface area (Å²) < 4.78 is 5.41. The van der Waals surface area contributed by atoms with Crippen molar-refractivity contribution in [1.82, 2.24) is 5.32 Å². The van der Waals surface area contributed by atoms with Gasteiger partial charge in [-0.1, -0.05) is 67.1 Å². The van der Waals surface area contributed by atoms with Crippen LogP contribution in [-0.4, -0.2) is 52.0 Å². The van der Waals surface area contributed by atoms with Crippen LogP contribution in [0, 0.1) is 29.6 Å². The van der Waals surface area contributed by atoms with Gasteiger partial charge in [-0.2, -0.15) is 0 Å². The SMILES string of the molecule is COc1cc([C@H]2CC(=O)C[C@H](O)[C@H]3[C@H](C#C[C@H]2Cc2ccccc2)CN[C@@H]2CCCC[C@@]32c2ccc(O)c(O)c2)ccc1O. The van der Waals surface area contributed by atoms with E-state index in [0.29, 0.717) is 18.7 Å². The lowest BCUT2D eigenvalue weighted by atomic mass is 9.52. The van der Waals surface area contributed by atoms with Crippen molar-refractivity contribution in [1.29, 1.82) is 0 Å². The van der Waals surface area contributed by atoms with E-state index < -0.39 is 11.5 Å². The van der Waals surface area contributed by atoms with Crippen molar-refractivity contribution in [2.75, 3.05) is 13.7 Å². The summed E-state index contributed by atoms with van der Waals surface area (Å²) in [4.78, 5) is 13.9. The molecule has 2 fully saturated rings. The smallest absolute Gasteiger partial charge is 0.160 e. The van der Waals surface area contributed by atoms with Crippen molar-refractivity contribution < 1.29 is 30.0 Å². The molecule has 7 nitrogen and oxygen atoms in total. The molecule has 1 aliphatic heterocycles. The number of ketones is 1. The number of ether oxygens (including phenoxy) is 1. The van der Waals surface area contributed by atoms with Crippen LogP contribution in [0.3, 0.4) is 0 Å². The Morgan fingerprint density at radius 1 is 0.932 bits per heavy atom. The molecule has 3 aromatic carbocycles. The molecular weight excluding hydrogens is 554 g/mol. The summed E-state index contributed by atoms with van der Waals surface area (Å²) in [5.74, 6) is 6.17. The molecule has 1 heterocycles. The molecule has 0 radical (unpaired) electrons. The van der Waals surface area contributed by atoms with Crippen LogP contribution >= 0.6 is 0 Å². The van der Waals surface area contributed by atoms with E-state index in [2.05, 4.69) is 29.3 Å². The molecule has 7 heteroatoms. The van der Waals surface area contributed by atoms with Crippen LogP contribution in [0.1, 0.15) is 61.1 Å². The van der Waals surface area contributed by atoms with Gasteiger partial charge in [0.05, 0.1) is 13.2 Å². The zero-order valence-electron chi connectivity index (χ0n) is 25.1. The summed E-state index contributed by atoms with van der Waals surface area (Å²) in [6, 6.07) is 20.4. The monoisotopic (exact) mass is 595 g/mol. The zero-order valence-corrected chi connectivity index (χ0v) is 25.1. The zero-order chi connectivity index (χ0) is 30.8. The van der Waals surface area contributed by atoms with Gasteiger partial charge in [-0.05, 0) is 60.2 Å². The average Bonchev–Trinajstić information content (AvgIpc) is 3.03. The topological polar surface area (TPSA) is 119 Å². The number of benzene rings is 3. The minimum Gasteiger partial charge on any atom is -0.504 e. The quantitative estimate of drug-likeness (QED) is 0.203. The van der Waals surface area contributed by atoms with Crippen molar-refractivity contribution >= 4 is 5.78 Å². The number of aromatic hydroxyl groups is 3. The molecule has 230 valence electrons. The van der Waals surface area contributed by atoms with E-state index in [4.69, 9.17) is 4.74 Å². The fraction of sp³-hybridized carbons (Fsp3) is 0.432. The Kier molecular flexibility index (Phi) is 8.57. The number of piperidine rings is 1. The first-order valence-electron chi connectivity index (χ1n) is 15.7. The third-order valence-corrected chi connectivity index (χ3v) is 10.2. The molecule has 1 saturated heterocycles. The highest BCUT2D eigenvalue weighted by Crippen LogP contribution is 2.53. The van der Waals surface area contributed by atoms with Crippen LogP contribution in [0.2, 0.25) is 0 Å². The van der Waals surface area contributed by atoms with Crippen molar-refractivity contribution in [2.45, 2.75) is 68.4 Å². The third kappa shape index (κ3) is 5.65. The van der Waals surface area contributed by atoms with E-state index in [1.165, 1.54) is 13.2 Å². The number of phenols is 3. The highest BCUT2D eigenvalue weighted by molar-refractivity contribution is 5.80. The number of nitrogens with one attached hydrogen (secondary N) is 1.